The van der Waals surface area contributed by atoms with Crippen molar-refractivity contribution in [2.24, 2.45) is 5.92 Å². The van der Waals surface area contributed by atoms with E-state index in [1.807, 2.05) is 12.4 Å². The lowest BCUT2D eigenvalue weighted by molar-refractivity contribution is 0.125. The highest BCUT2D eigenvalue weighted by Crippen LogP contribution is 2.20. The predicted molar refractivity (Wildman–Crippen MR) is 97.5 cm³/mol. The van der Waals surface area contributed by atoms with Crippen LogP contribution in [-0.4, -0.2) is 48.3 Å². The van der Waals surface area contributed by atoms with Crippen molar-refractivity contribution in [1.29, 1.82) is 0 Å². The summed E-state index contributed by atoms with van der Waals surface area (Å²) in [5.41, 5.74) is 1.13. The fourth-order valence-electron chi connectivity index (χ4n) is 3.22. The first-order valence-electron chi connectivity index (χ1n) is 9.12. The van der Waals surface area contributed by atoms with Crippen LogP contribution in [0.3, 0.4) is 0 Å². The van der Waals surface area contributed by atoms with Gasteiger partial charge in [-0.15, -0.1) is 0 Å². The van der Waals surface area contributed by atoms with Crippen molar-refractivity contribution >= 4 is 0 Å². The minimum absolute atomic E-state index is 0.239. The third-order valence-corrected chi connectivity index (χ3v) is 4.60. The monoisotopic (exact) mass is 359 g/mol. The molecular weight excluding hydrogens is 333 g/mol. The van der Waals surface area contributed by atoms with Gasteiger partial charge in [0.05, 0.1) is 13.2 Å². The van der Waals surface area contributed by atoms with E-state index in [2.05, 4.69) is 14.9 Å². The summed E-state index contributed by atoms with van der Waals surface area (Å²) in [7, 11) is 1.68. The first kappa shape index (κ1) is 18.7. The number of hydrogen-bond donors (Lipinski definition) is 0. The van der Waals surface area contributed by atoms with Gasteiger partial charge in [-0.05, 0) is 43.7 Å². The molecule has 0 bridgehead atoms. The Morgan fingerprint density at radius 3 is 2.69 bits per heavy atom. The largest absolute Gasteiger partial charge is 0.493 e. The molecule has 0 unspecified atom stereocenters. The molecule has 140 valence electrons. The van der Waals surface area contributed by atoms with Gasteiger partial charge in [0.1, 0.15) is 17.4 Å². The maximum absolute atomic E-state index is 12.9. The smallest absolute Gasteiger partial charge is 0.130 e. The fraction of sp³-hybridized carbons (Fsp3) is 0.500. The zero-order valence-corrected chi connectivity index (χ0v) is 15.2. The van der Waals surface area contributed by atoms with Crippen molar-refractivity contribution in [3.05, 3.63) is 53.9 Å². The lowest BCUT2D eigenvalue weighted by Gasteiger charge is -2.32. The summed E-state index contributed by atoms with van der Waals surface area (Å²) in [4.78, 5) is 11.2. The molecule has 0 N–H and O–H groups in total. The first-order chi connectivity index (χ1) is 12.7. The van der Waals surface area contributed by atoms with E-state index in [1.54, 1.807) is 19.2 Å². The van der Waals surface area contributed by atoms with Gasteiger partial charge in [0.15, 0.2) is 0 Å². The van der Waals surface area contributed by atoms with E-state index >= 15 is 0 Å². The molecule has 0 spiro atoms. The molecule has 6 heteroatoms. The number of piperidine rings is 1. The number of rotatable bonds is 8. The van der Waals surface area contributed by atoms with Gasteiger partial charge in [-0.1, -0.05) is 0 Å². The standard InChI is InChI=1S/C20H26FN3O2/c1-25-10-8-20-22-11-17(12-23-20)14-24-9-2-3-16(13-24)15-26-19-6-4-18(21)5-7-19/h4-7,11-12,16H,2-3,8-10,13-15H2,1H3/t16-/m1/s1. The van der Waals surface area contributed by atoms with Crippen LogP contribution in [0.1, 0.15) is 24.2 Å². The number of ether oxygens (including phenoxy) is 2. The minimum Gasteiger partial charge on any atom is -0.493 e. The number of nitrogens with zero attached hydrogens (tertiary/aromatic N) is 3. The van der Waals surface area contributed by atoms with Crippen molar-refractivity contribution in [3.63, 3.8) is 0 Å². The molecule has 1 aromatic carbocycles. The van der Waals surface area contributed by atoms with Crippen molar-refractivity contribution in [2.45, 2.75) is 25.8 Å². The van der Waals surface area contributed by atoms with Gasteiger partial charge in [0, 0.05) is 50.5 Å². The van der Waals surface area contributed by atoms with E-state index in [4.69, 9.17) is 9.47 Å². The van der Waals surface area contributed by atoms with Crippen LogP contribution in [0, 0.1) is 11.7 Å². The summed E-state index contributed by atoms with van der Waals surface area (Å²) in [6.07, 6.45) is 6.88. The topological polar surface area (TPSA) is 47.5 Å². The summed E-state index contributed by atoms with van der Waals surface area (Å²) in [6, 6.07) is 6.22. The van der Waals surface area contributed by atoms with Gasteiger partial charge in [-0.3, -0.25) is 4.90 Å². The van der Waals surface area contributed by atoms with Crippen molar-refractivity contribution in [2.75, 3.05) is 33.4 Å². The SMILES string of the molecule is COCCc1ncc(CN2CCC[C@@H](COc3ccc(F)cc3)C2)cn1. The Morgan fingerprint density at radius 2 is 1.96 bits per heavy atom. The van der Waals surface area contributed by atoms with Crippen molar-refractivity contribution in [3.8, 4) is 5.75 Å². The van der Waals surface area contributed by atoms with Gasteiger partial charge >= 0.3 is 0 Å². The number of methoxy groups -OCH3 is 1. The van der Waals surface area contributed by atoms with E-state index in [1.165, 1.54) is 12.1 Å². The van der Waals surface area contributed by atoms with E-state index < -0.39 is 0 Å². The molecule has 0 amide bonds. The Kier molecular flexibility index (Phi) is 6.91. The van der Waals surface area contributed by atoms with Crippen LogP contribution in [0.15, 0.2) is 36.7 Å². The summed E-state index contributed by atoms with van der Waals surface area (Å²) >= 11 is 0. The second-order valence-corrected chi connectivity index (χ2v) is 6.76. The molecule has 2 aromatic rings. The summed E-state index contributed by atoms with van der Waals surface area (Å²) in [5.74, 6) is 1.79. The highest BCUT2D eigenvalue weighted by atomic mass is 19.1. The highest BCUT2D eigenvalue weighted by Gasteiger charge is 2.20. The second kappa shape index (κ2) is 9.59. The molecule has 1 aromatic heterocycles. The molecule has 1 fully saturated rings. The second-order valence-electron chi connectivity index (χ2n) is 6.76. The number of aromatic nitrogens is 2. The van der Waals surface area contributed by atoms with E-state index in [9.17, 15) is 4.39 Å². The predicted octanol–water partition coefficient (Wildman–Crippen LogP) is 3.10. The van der Waals surface area contributed by atoms with Crippen molar-refractivity contribution in [1.82, 2.24) is 14.9 Å². The minimum atomic E-state index is -0.239. The molecule has 5 nitrogen and oxygen atoms in total. The maximum Gasteiger partial charge on any atom is 0.130 e. The Hall–Kier alpha value is -2.05. The third-order valence-electron chi connectivity index (χ3n) is 4.60. The van der Waals surface area contributed by atoms with Crippen LogP contribution >= 0.6 is 0 Å². The molecule has 2 heterocycles. The van der Waals surface area contributed by atoms with Gasteiger partial charge in [-0.2, -0.15) is 0 Å². The molecule has 0 radical (unpaired) electrons. The molecule has 1 aliphatic rings. The highest BCUT2D eigenvalue weighted by molar-refractivity contribution is 5.22. The molecule has 0 aliphatic carbocycles. The van der Waals surface area contributed by atoms with Gasteiger partial charge in [0.25, 0.3) is 0 Å². The summed E-state index contributed by atoms with van der Waals surface area (Å²) < 4.78 is 23.8. The van der Waals surface area contributed by atoms with Crippen LogP contribution in [0.5, 0.6) is 5.75 Å². The Bertz CT molecular complexity index is 664. The molecule has 3 rings (SSSR count). The Labute approximate surface area is 154 Å². The number of likely N-dealkylation sites (tertiary alicyclic amines) is 1. The zero-order chi connectivity index (χ0) is 18.2. The van der Waals surface area contributed by atoms with E-state index in [-0.39, 0.29) is 5.82 Å². The summed E-state index contributed by atoms with van der Waals surface area (Å²) in [5, 5.41) is 0. The normalized spacial score (nSPS) is 18.0. The average molecular weight is 359 g/mol. The Balaban J connectivity index is 1.46. The van der Waals surface area contributed by atoms with Gasteiger partial charge < -0.3 is 9.47 Å². The first-order valence-corrected chi connectivity index (χ1v) is 9.12. The molecule has 1 atom stereocenters. The van der Waals surface area contributed by atoms with E-state index in [0.29, 0.717) is 19.1 Å². The molecular formula is C20H26FN3O2. The molecule has 1 aliphatic heterocycles. The summed E-state index contributed by atoms with van der Waals surface area (Å²) in [6.45, 7) is 4.23. The lowest BCUT2D eigenvalue weighted by atomic mass is 9.98. The van der Waals surface area contributed by atoms with E-state index in [0.717, 1.165) is 56.0 Å². The molecule has 1 saturated heterocycles. The lowest BCUT2D eigenvalue weighted by Crippen LogP contribution is -2.37. The maximum atomic E-state index is 12.9. The van der Waals surface area contributed by atoms with Gasteiger partial charge in [0.2, 0.25) is 0 Å². The number of halogens is 1. The van der Waals surface area contributed by atoms with Crippen molar-refractivity contribution < 1.29 is 13.9 Å². The fourth-order valence-corrected chi connectivity index (χ4v) is 3.22. The van der Waals surface area contributed by atoms with Gasteiger partial charge in [-0.25, -0.2) is 14.4 Å². The van der Waals surface area contributed by atoms with Crippen LogP contribution < -0.4 is 4.74 Å². The van der Waals surface area contributed by atoms with Crippen LogP contribution in [0.4, 0.5) is 4.39 Å². The Morgan fingerprint density at radius 1 is 1.19 bits per heavy atom. The van der Waals surface area contributed by atoms with Crippen LogP contribution in [0.25, 0.3) is 0 Å². The average Bonchev–Trinajstić information content (AvgIpc) is 2.67. The number of hydrogen-bond acceptors (Lipinski definition) is 5. The molecule has 0 saturated carbocycles. The van der Waals surface area contributed by atoms with Crippen LogP contribution in [0.2, 0.25) is 0 Å². The number of benzene rings is 1. The van der Waals surface area contributed by atoms with Crippen LogP contribution in [-0.2, 0) is 17.7 Å². The molecule has 26 heavy (non-hydrogen) atoms. The zero-order valence-electron chi connectivity index (χ0n) is 15.2. The third kappa shape index (κ3) is 5.75. The quantitative estimate of drug-likeness (QED) is 0.725.